The molecule has 1 N–H and O–H groups in total. The number of amides is 2. The lowest BCUT2D eigenvalue weighted by Gasteiger charge is -2.22. The summed E-state index contributed by atoms with van der Waals surface area (Å²) in [5.41, 5.74) is 0.401. The molecule has 0 saturated carbocycles. The first-order valence-corrected chi connectivity index (χ1v) is 8.01. The summed E-state index contributed by atoms with van der Waals surface area (Å²) in [7, 11) is 0. The van der Waals surface area contributed by atoms with Gasteiger partial charge in [-0.2, -0.15) is 0 Å². The van der Waals surface area contributed by atoms with E-state index in [1.807, 2.05) is 0 Å². The normalized spacial score (nSPS) is 10.4. The van der Waals surface area contributed by atoms with Crippen molar-refractivity contribution in [2.45, 2.75) is 6.92 Å². The summed E-state index contributed by atoms with van der Waals surface area (Å²) in [5, 5.41) is 3.29. The average molecular weight is 387 g/mol. The quantitative estimate of drug-likeness (QED) is 0.842. The molecule has 0 atom stereocenters. The van der Waals surface area contributed by atoms with Gasteiger partial charge in [0.1, 0.15) is 0 Å². The van der Waals surface area contributed by atoms with Gasteiger partial charge >= 0.3 is 0 Å². The molecular weight excluding hydrogens is 373 g/mol. The molecule has 0 bridgehead atoms. The molecule has 0 aliphatic heterocycles. The first-order chi connectivity index (χ1) is 11.8. The van der Waals surface area contributed by atoms with E-state index in [1.54, 1.807) is 18.2 Å². The molecule has 0 aromatic heterocycles. The fourth-order valence-electron chi connectivity index (χ4n) is 2.16. The number of hydrogen-bond acceptors (Lipinski definition) is 2. The van der Waals surface area contributed by atoms with Crippen molar-refractivity contribution in [2.24, 2.45) is 0 Å². The van der Waals surface area contributed by atoms with Crippen molar-refractivity contribution in [2.75, 3.05) is 18.0 Å². The molecule has 0 radical (unpaired) electrons. The predicted molar refractivity (Wildman–Crippen MR) is 93.2 cm³/mol. The van der Waals surface area contributed by atoms with E-state index >= 15 is 0 Å². The second kappa shape index (κ2) is 8.27. The SMILES string of the molecule is CC(=O)N(CCNC(=O)c1ccc(F)c(F)c1)c1cc(Cl)ccc1Cl. The largest absolute Gasteiger partial charge is 0.350 e. The molecule has 0 aliphatic rings. The van der Waals surface area contributed by atoms with Crippen LogP contribution in [0.2, 0.25) is 10.0 Å². The predicted octanol–water partition coefficient (Wildman–Crippen LogP) is 4.05. The van der Waals surface area contributed by atoms with Gasteiger partial charge < -0.3 is 10.2 Å². The second-order valence-corrected chi connectivity index (χ2v) is 5.99. The summed E-state index contributed by atoms with van der Waals surface area (Å²) < 4.78 is 26.1. The van der Waals surface area contributed by atoms with Crippen LogP contribution >= 0.6 is 23.2 Å². The molecule has 0 spiro atoms. The minimum Gasteiger partial charge on any atom is -0.350 e. The third kappa shape index (κ3) is 4.90. The summed E-state index contributed by atoms with van der Waals surface area (Å²) >= 11 is 12.0. The van der Waals surface area contributed by atoms with Crippen molar-refractivity contribution >= 4 is 40.7 Å². The van der Waals surface area contributed by atoms with Gasteiger partial charge in [0.2, 0.25) is 5.91 Å². The minimum absolute atomic E-state index is 0.0194. The second-order valence-electron chi connectivity index (χ2n) is 5.15. The van der Waals surface area contributed by atoms with E-state index in [2.05, 4.69) is 5.32 Å². The highest BCUT2D eigenvalue weighted by Gasteiger charge is 2.16. The van der Waals surface area contributed by atoms with Crippen LogP contribution in [-0.4, -0.2) is 24.9 Å². The van der Waals surface area contributed by atoms with Crippen LogP contribution in [-0.2, 0) is 4.79 Å². The van der Waals surface area contributed by atoms with Crippen LogP contribution in [0.3, 0.4) is 0 Å². The highest BCUT2D eigenvalue weighted by molar-refractivity contribution is 6.35. The van der Waals surface area contributed by atoms with Gasteiger partial charge in [-0.15, -0.1) is 0 Å². The maximum absolute atomic E-state index is 13.2. The Balaban J connectivity index is 2.04. The van der Waals surface area contributed by atoms with E-state index in [0.29, 0.717) is 15.7 Å². The number of carbonyl (C=O) groups excluding carboxylic acids is 2. The fourth-order valence-corrected chi connectivity index (χ4v) is 2.55. The molecule has 132 valence electrons. The molecule has 8 heteroatoms. The Hall–Kier alpha value is -2.18. The summed E-state index contributed by atoms with van der Waals surface area (Å²) in [6.45, 7) is 1.57. The van der Waals surface area contributed by atoms with Crippen LogP contribution in [0.15, 0.2) is 36.4 Å². The summed E-state index contributed by atoms with van der Waals surface area (Å²) in [6.07, 6.45) is 0. The molecule has 0 fully saturated rings. The van der Waals surface area contributed by atoms with Crippen molar-refractivity contribution in [3.8, 4) is 0 Å². The zero-order valence-corrected chi connectivity index (χ0v) is 14.7. The van der Waals surface area contributed by atoms with Gasteiger partial charge in [-0.05, 0) is 36.4 Å². The van der Waals surface area contributed by atoms with Gasteiger partial charge in [0.25, 0.3) is 5.91 Å². The molecule has 0 heterocycles. The number of hydrogen-bond donors (Lipinski definition) is 1. The molecule has 25 heavy (non-hydrogen) atoms. The zero-order chi connectivity index (χ0) is 18.6. The molecule has 2 amide bonds. The first-order valence-electron chi connectivity index (χ1n) is 7.26. The van der Waals surface area contributed by atoms with Gasteiger partial charge in [-0.1, -0.05) is 23.2 Å². The Morgan fingerprint density at radius 2 is 1.80 bits per heavy atom. The first kappa shape index (κ1) is 19.1. The van der Waals surface area contributed by atoms with Crippen LogP contribution in [0.5, 0.6) is 0 Å². The van der Waals surface area contributed by atoms with Crippen molar-refractivity contribution in [1.82, 2.24) is 5.32 Å². The lowest BCUT2D eigenvalue weighted by atomic mass is 10.2. The maximum Gasteiger partial charge on any atom is 0.251 e. The summed E-state index contributed by atoms with van der Waals surface area (Å²) in [6, 6.07) is 7.55. The van der Waals surface area contributed by atoms with Gasteiger partial charge in [0.15, 0.2) is 11.6 Å². The molecule has 0 aliphatic carbocycles. The molecule has 0 saturated heterocycles. The zero-order valence-electron chi connectivity index (χ0n) is 13.2. The van der Waals surface area contributed by atoms with Crippen molar-refractivity contribution < 1.29 is 18.4 Å². The number of halogens is 4. The van der Waals surface area contributed by atoms with Crippen molar-refractivity contribution in [1.29, 1.82) is 0 Å². The number of carbonyl (C=O) groups is 2. The third-order valence-corrected chi connectivity index (χ3v) is 3.94. The van der Waals surface area contributed by atoms with E-state index in [-0.39, 0.29) is 24.6 Å². The van der Waals surface area contributed by atoms with E-state index in [4.69, 9.17) is 23.2 Å². The standard InChI is InChI=1S/C17H14Cl2F2N2O2/c1-10(24)23(16-9-12(18)3-4-13(16)19)7-6-22-17(25)11-2-5-14(20)15(21)8-11/h2-5,8-9H,6-7H2,1H3,(H,22,25). The van der Waals surface area contributed by atoms with Gasteiger partial charge in [0, 0.05) is 30.6 Å². The van der Waals surface area contributed by atoms with Crippen LogP contribution in [0, 0.1) is 11.6 Å². The van der Waals surface area contributed by atoms with E-state index in [9.17, 15) is 18.4 Å². The molecule has 2 rings (SSSR count). The monoisotopic (exact) mass is 386 g/mol. The molecule has 4 nitrogen and oxygen atoms in total. The Kier molecular flexibility index (Phi) is 6.33. The highest BCUT2D eigenvalue weighted by atomic mass is 35.5. The lowest BCUT2D eigenvalue weighted by molar-refractivity contribution is -0.116. The number of nitrogens with zero attached hydrogens (tertiary/aromatic N) is 1. The van der Waals surface area contributed by atoms with Gasteiger partial charge in [-0.25, -0.2) is 8.78 Å². The topological polar surface area (TPSA) is 49.4 Å². The number of rotatable bonds is 5. The van der Waals surface area contributed by atoms with E-state index < -0.39 is 17.5 Å². The van der Waals surface area contributed by atoms with Crippen LogP contribution in [0.1, 0.15) is 17.3 Å². The Morgan fingerprint density at radius 1 is 1.08 bits per heavy atom. The summed E-state index contributed by atoms with van der Waals surface area (Å²) in [4.78, 5) is 25.2. The number of benzene rings is 2. The lowest BCUT2D eigenvalue weighted by Crippen LogP contribution is -2.37. The minimum atomic E-state index is -1.11. The van der Waals surface area contributed by atoms with E-state index in [0.717, 1.165) is 12.1 Å². The average Bonchev–Trinajstić information content (AvgIpc) is 2.56. The molecular formula is C17H14Cl2F2N2O2. The third-order valence-electron chi connectivity index (χ3n) is 3.38. The maximum atomic E-state index is 13.2. The van der Waals surface area contributed by atoms with Gasteiger partial charge in [-0.3, -0.25) is 9.59 Å². The van der Waals surface area contributed by atoms with Gasteiger partial charge in [0.05, 0.1) is 10.7 Å². The molecule has 0 unspecified atom stereocenters. The van der Waals surface area contributed by atoms with Crippen LogP contribution < -0.4 is 10.2 Å². The smallest absolute Gasteiger partial charge is 0.251 e. The Morgan fingerprint density at radius 3 is 2.44 bits per heavy atom. The highest BCUT2D eigenvalue weighted by Crippen LogP contribution is 2.29. The Labute approximate surface area is 153 Å². The Bertz CT molecular complexity index is 815. The van der Waals surface area contributed by atoms with Crippen LogP contribution in [0.25, 0.3) is 0 Å². The number of anilines is 1. The van der Waals surface area contributed by atoms with E-state index in [1.165, 1.54) is 17.9 Å². The van der Waals surface area contributed by atoms with Crippen molar-refractivity contribution in [3.63, 3.8) is 0 Å². The summed E-state index contributed by atoms with van der Waals surface area (Å²) in [5.74, 6) is -3.01. The molecule has 2 aromatic carbocycles. The van der Waals surface area contributed by atoms with Crippen molar-refractivity contribution in [3.05, 3.63) is 63.6 Å². The fraction of sp³-hybridized carbons (Fsp3) is 0.176. The van der Waals surface area contributed by atoms with Crippen LogP contribution in [0.4, 0.5) is 14.5 Å². The number of nitrogens with one attached hydrogen (secondary N) is 1. The molecule has 2 aromatic rings.